The van der Waals surface area contributed by atoms with Crippen LogP contribution in [0.15, 0.2) is 0 Å². The minimum absolute atomic E-state index is 0.0889. The highest BCUT2D eigenvalue weighted by Crippen LogP contribution is 2.41. The van der Waals surface area contributed by atoms with E-state index in [2.05, 4.69) is 6.92 Å². The molecule has 0 radical (unpaired) electrons. The van der Waals surface area contributed by atoms with Crippen LogP contribution in [0.25, 0.3) is 0 Å². The van der Waals surface area contributed by atoms with E-state index in [1.807, 2.05) is 0 Å². The Balaban J connectivity index is 1.83. The number of rotatable bonds is 9. The summed E-state index contributed by atoms with van der Waals surface area (Å²) >= 11 is 0. The zero-order chi connectivity index (χ0) is 12.0. The van der Waals surface area contributed by atoms with E-state index in [1.165, 1.54) is 6.42 Å². The van der Waals surface area contributed by atoms with Gasteiger partial charge < -0.3 is 10.2 Å². The molecule has 1 aliphatic carbocycles. The number of carbonyl (C=O) groups is 1. The number of hydrogen-bond acceptors (Lipinski definition) is 2. The van der Waals surface area contributed by atoms with Crippen LogP contribution in [0.1, 0.15) is 58.3 Å². The first-order chi connectivity index (χ1) is 7.61. The topological polar surface area (TPSA) is 57.5 Å². The van der Waals surface area contributed by atoms with Gasteiger partial charge in [-0.25, -0.2) is 0 Å². The van der Waals surface area contributed by atoms with Crippen LogP contribution in [-0.4, -0.2) is 22.3 Å². The lowest BCUT2D eigenvalue weighted by atomic mass is 10.0. The van der Waals surface area contributed by atoms with Crippen molar-refractivity contribution in [3.8, 4) is 0 Å². The summed E-state index contributed by atoms with van der Waals surface area (Å²) < 4.78 is 0. The Kier molecular flexibility index (Phi) is 5.81. The third-order valence-electron chi connectivity index (χ3n) is 3.56. The predicted molar refractivity (Wildman–Crippen MR) is 63.2 cm³/mol. The third-order valence-corrected chi connectivity index (χ3v) is 3.56. The monoisotopic (exact) mass is 228 g/mol. The molecule has 1 rings (SSSR count). The molecule has 0 spiro atoms. The number of carboxylic acids is 1. The fourth-order valence-electron chi connectivity index (χ4n) is 2.26. The molecule has 0 amide bonds. The lowest BCUT2D eigenvalue weighted by Crippen LogP contribution is -2.09. The van der Waals surface area contributed by atoms with Crippen molar-refractivity contribution >= 4 is 5.97 Å². The van der Waals surface area contributed by atoms with E-state index in [-0.39, 0.29) is 6.10 Å². The first-order valence-corrected chi connectivity index (χ1v) is 6.51. The van der Waals surface area contributed by atoms with Crippen molar-refractivity contribution in [3.63, 3.8) is 0 Å². The number of aliphatic hydroxyl groups excluding tert-OH is 1. The van der Waals surface area contributed by atoms with Crippen LogP contribution in [0.5, 0.6) is 0 Å². The van der Waals surface area contributed by atoms with Gasteiger partial charge in [-0.05, 0) is 31.1 Å². The third kappa shape index (κ3) is 5.50. The molecule has 1 fully saturated rings. The zero-order valence-electron chi connectivity index (χ0n) is 10.2. The summed E-state index contributed by atoms with van der Waals surface area (Å²) in [7, 11) is 0. The van der Waals surface area contributed by atoms with Crippen molar-refractivity contribution < 1.29 is 15.0 Å². The van der Waals surface area contributed by atoms with Gasteiger partial charge in [-0.15, -0.1) is 0 Å². The molecular weight excluding hydrogens is 204 g/mol. The fraction of sp³-hybridized carbons (Fsp3) is 0.923. The van der Waals surface area contributed by atoms with Crippen LogP contribution in [-0.2, 0) is 4.79 Å². The maximum Gasteiger partial charge on any atom is 0.303 e. The Morgan fingerprint density at radius 1 is 1.25 bits per heavy atom. The lowest BCUT2D eigenvalue weighted by molar-refractivity contribution is -0.137. The van der Waals surface area contributed by atoms with E-state index in [9.17, 15) is 9.90 Å². The summed E-state index contributed by atoms with van der Waals surface area (Å²) in [6.45, 7) is 2.19. The van der Waals surface area contributed by atoms with E-state index >= 15 is 0 Å². The molecule has 0 bridgehead atoms. The summed E-state index contributed by atoms with van der Waals surface area (Å²) in [5, 5.41) is 18.2. The molecule has 0 aliphatic heterocycles. The molecule has 1 saturated carbocycles. The summed E-state index contributed by atoms with van der Waals surface area (Å²) in [4.78, 5) is 10.3. The van der Waals surface area contributed by atoms with Gasteiger partial charge in [0.05, 0.1) is 6.10 Å². The van der Waals surface area contributed by atoms with Gasteiger partial charge in [0.15, 0.2) is 0 Å². The number of aliphatic carboxylic acids is 1. The quantitative estimate of drug-likeness (QED) is 0.597. The summed E-state index contributed by atoms with van der Waals surface area (Å²) in [6.07, 6.45) is 7.42. The van der Waals surface area contributed by atoms with Gasteiger partial charge in [0.25, 0.3) is 0 Å². The normalized spacial score (nSPS) is 25.4. The summed E-state index contributed by atoms with van der Waals surface area (Å²) in [5.41, 5.74) is 0. The maximum atomic E-state index is 10.3. The first kappa shape index (κ1) is 13.5. The molecule has 94 valence electrons. The number of aliphatic hydroxyl groups is 1. The average Bonchev–Trinajstić information content (AvgIpc) is 2.93. The summed E-state index contributed by atoms with van der Waals surface area (Å²) in [5.74, 6) is 0.593. The molecule has 3 atom stereocenters. The van der Waals surface area contributed by atoms with Crippen molar-refractivity contribution in [2.24, 2.45) is 11.8 Å². The van der Waals surface area contributed by atoms with Crippen LogP contribution >= 0.6 is 0 Å². The van der Waals surface area contributed by atoms with Gasteiger partial charge in [-0.1, -0.05) is 32.6 Å². The Hall–Kier alpha value is -0.570. The molecule has 3 heteroatoms. The molecule has 0 heterocycles. The van der Waals surface area contributed by atoms with Crippen LogP contribution in [0.2, 0.25) is 0 Å². The van der Waals surface area contributed by atoms with E-state index in [4.69, 9.17) is 5.11 Å². The van der Waals surface area contributed by atoms with Gasteiger partial charge in [-0.3, -0.25) is 4.79 Å². The van der Waals surface area contributed by atoms with Gasteiger partial charge in [0.2, 0.25) is 0 Å². The Bertz CT molecular complexity index is 215. The van der Waals surface area contributed by atoms with Gasteiger partial charge >= 0.3 is 5.97 Å². The molecule has 16 heavy (non-hydrogen) atoms. The lowest BCUT2D eigenvalue weighted by Gasteiger charge is -2.08. The SMILES string of the molecule is C[C@@H]1C[C@@H]1C(O)CCCCCCCC(=O)O. The first-order valence-electron chi connectivity index (χ1n) is 6.51. The van der Waals surface area contributed by atoms with E-state index in [0.717, 1.165) is 44.4 Å². The Labute approximate surface area is 97.9 Å². The molecule has 0 aromatic carbocycles. The van der Waals surface area contributed by atoms with Gasteiger partial charge in [0.1, 0.15) is 0 Å². The van der Waals surface area contributed by atoms with Crippen molar-refractivity contribution in [2.45, 2.75) is 64.4 Å². The summed E-state index contributed by atoms with van der Waals surface area (Å²) in [6, 6.07) is 0. The molecule has 2 N–H and O–H groups in total. The average molecular weight is 228 g/mol. The van der Waals surface area contributed by atoms with E-state index in [1.54, 1.807) is 0 Å². The van der Waals surface area contributed by atoms with Crippen LogP contribution in [0.4, 0.5) is 0 Å². The molecule has 0 saturated heterocycles. The highest BCUT2D eigenvalue weighted by atomic mass is 16.4. The van der Waals surface area contributed by atoms with Crippen molar-refractivity contribution in [2.75, 3.05) is 0 Å². The van der Waals surface area contributed by atoms with Gasteiger partial charge in [-0.2, -0.15) is 0 Å². The van der Waals surface area contributed by atoms with Crippen LogP contribution < -0.4 is 0 Å². The smallest absolute Gasteiger partial charge is 0.303 e. The second kappa shape index (κ2) is 6.89. The van der Waals surface area contributed by atoms with Crippen LogP contribution in [0, 0.1) is 11.8 Å². The number of carboxylic acid groups (broad SMARTS) is 1. The van der Waals surface area contributed by atoms with Crippen molar-refractivity contribution in [1.82, 2.24) is 0 Å². The second-order valence-electron chi connectivity index (χ2n) is 5.14. The maximum absolute atomic E-state index is 10.3. The Morgan fingerprint density at radius 3 is 2.38 bits per heavy atom. The second-order valence-corrected chi connectivity index (χ2v) is 5.14. The van der Waals surface area contributed by atoms with Crippen molar-refractivity contribution in [1.29, 1.82) is 0 Å². The highest BCUT2D eigenvalue weighted by molar-refractivity contribution is 5.66. The van der Waals surface area contributed by atoms with E-state index in [0.29, 0.717) is 12.3 Å². The predicted octanol–water partition coefficient (Wildman–Crippen LogP) is 2.82. The fourth-order valence-corrected chi connectivity index (χ4v) is 2.26. The standard InChI is InChI=1S/C13H24O3/c1-10-9-11(10)12(14)7-5-3-2-4-6-8-13(15)16/h10-12,14H,2-9H2,1H3,(H,15,16)/t10-,11+,12?/m1/s1. The molecule has 3 nitrogen and oxygen atoms in total. The van der Waals surface area contributed by atoms with Crippen molar-refractivity contribution in [3.05, 3.63) is 0 Å². The molecule has 0 aromatic rings. The van der Waals surface area contributed by atoms with Crippen LogP contribution in [0.3, 0.4) is 0 Å². The molecule has 1 unspecified atom stereocenters. The Morgan fingerprint density at radius 2 is 1.81 bits per heavy atom. The zero-order valence-corrected chi connectivity index (χ0v) is 10.2. The molecular formula is C13H24O3. The molecule has 0 aromatic heterocycles. The minimum atomic E-state index is -0.696. The largest absolute Gasteiger partial charge is 0.481 e. The number of unbranched alkanes of at least 4 members (excludes halogenated alkanes) is 4. The minimum Gasteiger partial charge on any atom is -0.481 e. The van der Waals surface area contributed by atoms with Gasteiger partial charge in [0, 0.05) is 6.42 Å². The number of hydrogen-bond donors (Lipinski definition) is 2. The highest BCUT2D eigenvalue weighted by Gasteiger charge is 2.37. The molecule has 1 aliphatic rings. The van der Waals surface area contributed by atoms with E-state index < -0.39 is 5.97 Å².